The number of aryl methyl sites for hydroxylation is 1. The number of nitrogens with zero attached hydrogens (tertiary/aromatic N) is 1. The molecule has 0 fully saturated rings. The van der Waals surface area contributed by atoms with Crippen LogP contribution in [0.4, 0.5) is 0 Å². The molecule has 1 aromatic heterocycles. The van der Waals surface area contributed by atoms with E-state index in [-0.39, 0.29) is 0 Å². The minimum absolute atomic E-state index is 0.878. The lowest BCUT2D eigenvalue weighted by molar-refractivity contribution is 0.532. The molecule has 0 amide bonds. The Bertz CT molecular complexity index is 412. The van der Waals surface area contributed by atoms with Crippen molar-refractivity contribution in [2.75, 3.05) is 0 Å². The first-order valence-corrected chi connectivity index (χ1v) is 14.0. The lowest BCUT2D eigenvalue weighted by Gasteiger charge is -2.03. The Hall–Kier alpha value is 0.590. The molecule has 0 aliphatic carbocycles. The van der Waals surface area contributed by atoms with Gasteiger partial charge in [-0.15, -0.1) is 11.3 Å². The summed E-state index contributed by atoms with van der Waals surface area (Å²) in [4.78, 5) is 6.13. The summed E-state index contributed by atoms with van der Waals surface area (Å²) in [7, 11) is 0. The molecule has 0 aliphatic rings. The summed E-state index contributed by atoms with van der Waals surface area (Å²) in [6, 6.07) is 0. The minimum Gasteiger partial charge on any atom is -0.245 e. The molecule has 26 heavy (non-hydrogen) atoms. The average molecular weight is 509 g/mol. The number of halogens is 2. The van der Waals surface area contributed by atoms with E-state index in [1.807, 2.05) is 11.3 Å². The van der Waals surface area contributed by atoms with Gasteiger partial charge in [0.1, 0.15) is 0 Å². The Morgan fingerprint density at radius 3 is 1.50 bits per heavy atom. The highest BCUT2D eigenvalue weighted by Crippen LogP contribution is 2.24. The van der Waals surface area contributed by atoms with Crippen LogP contribution in [-0.4, -0.2) is 4.98 Å². The monoisotopic (exact) mass is 507 g/mol. The van der Waals surface area contributed by atoms with E-state index in [1.165, 1.54) is 112 Å². The highest BCUT2D eigenvalue weighted by molar-refractivity contribution is 9.09. The van der Waals surface area contributed by atoms with E-state index >= 15 is 0 Å². The molecule has 1 heterocycles. The molecule has 0 N–H and O–H groups in total. The number of hydrogen-bond acceptors (Lipinski definition) is 2. The van der Waals surface area contributed by atoms with Crippen molar-refractivity contribution in [1.29, 1.82) is 0 Å². The molecule has 0 aromatic carbocycles. The van der Waals surface area contributed by atoms with Crippen molar-refractivity contribution in [2.24, 2.45) is 0 Å². The molecule has 0 saturated carbocycles. The lowest BCUT2D eigenvalue weighted by Crippen LogP contribution is -1.87. The SMILES string of the molecule is CCCCCCCCCCCCCCCCCc1nc(CBr)c(CBr)s1. The highest BCUT2D eigenvalue weighted by Gasteiger charge is 2.08. The molecule has 1 aromatic rings. The van der Waals surface area contributed by atoms with Crippen molar-refractivity contribution in [2.45, 2.75) is 120 Å². The third-order valence-corrected chi connectivity index (χ3v) is 7.69. The van der Waals surface area contributed by atoms with E-state index in [2.05, 4.69) is 38.8 Å². The first-order valence-electron chi connectivity index (χ1n) is 10.9. The fourth-order valence-electron chi connectivity index (χ4n) is 3.40. The summed E-state index contributed by atoms with van der Waals surface area (Å²) in [5, 5.41) is 3.14. The van der Waals surface area contributed by atoms with Crippen LogP contribution in [0.1, 0.15) is 119 Å². The van der Waals surface area contributed by atoms with E-state index in [4.69, 9.17) is 4.98 Å². The van der Waals surface area contributed by atoms with Crippen molar-refractivity contribution in [3.8, 4) is 0 Å². The number of thiazole rings is 1. The molecule has 152 valence electrons. The highest BCUT2D eigenvalue weighted by atomic mass is 79.9. The van der Waals surface area contributed by atoms with Crippen LogP contribution in [0.5, 0.6) is 0 Å². The topological polar surface area (TPSA) is 12.9 Å². The summed E-state index contributed by atoms with van der Waals surface area (Å²) < 4.78 is 0. The quantitative estimate of drug-likeness (QED) is 0.142. The molecule has 0 unspecified atom stereocenters. The van der Waals surface area contributed by atoms with Crippen LogP contribution in [0.3, 0.4) is 0 Å². The predicted octanol–water partition coefficient (Wildman–Crippen LogP) is 9.35. The van der Waals surface area contributed by atoms with Crippen molar-refractivity contribution < 1.29 is 0 Å². The summed E-state index contributed by atoms with van der Waals surface area (Å²) in [6.45, 7) is 2.29. The molecule has 0 radical (unpaired) electrons. The van der Waals surface area contributed by atoms with Crippen LogP contribution in [0, 0.1) is 0 Å². The first kappa shape index (κ1) is 24.6. The van der Waals surface area contributed by atoms with Gasteiger partial charge in [-0.25, -0.2) is 4.98 Å². The molecule has 1 nitrogen and oxygen atoms in total. The predicted molar refractivity (Wildman–Crippen MR) is 126 cm³/mol. The van der Waals surface area contributed by atoms with Gasteiger partial charge >= 0.3 is 0 Å². The number of rotatable bonds is 18. The van der Waals surface area contributed by atoms with Gasteiger partial charge < -0.3 is 0 Å². The summed E-state index contributed by atoms with van der Waals surface area (Å²) in [6.07, 6.45) is 22.6. The maximum absolute atomic E-state index is 4.74. The fraction of sp³-hybridized carbons (Fsp3) is 0.864. The van der Waals surface area contributed by atoms with Crippen LogP contribution >= 0.6 is 43.2 Å². The van der Waals surface area contributed by atoms with Crippen molar-refractivity contribution in [1.82, 2.24) is 4.98 Å². The van der Waals surface area contributed by atoms with Crippen LogP contribution < -0.4 is 0 Å². The van der Waals surface area contributed by atoms with Crippen LogP contribution in [0.2, 0.25) is 0 Å². The number of hydrogen-bond donors (Lipinski definition) is 0. The standard InChI is InChI=1S/C22H39Br2NS/c1-2-3-4-5-6-7-8-9-10-11-12-13-14-15-16-17-22-25-20(18-23)21(19-24)26-22/h2-19H2,1H3. The third-order valence-electron chi connectivity index (χ3n) is 5.06. The van der Waals surface area contributed by atoms with Gasteiger partial charge in [-0.1, -0.05) is 129 Å². The molecule has 4 heteroatoms. The van der Waals surface area contributed by atoms with E-state index in [0.717, 1.165) is 17.1 Å². The number of aromatic nitrogens is 1. The molecule has 0 spiro atoms. The zero-order valence-corrected chi connectivity index (χ0v) is 20.8. The van der Waals surface area contributed by atoms with Gasteiger partial charge in [0.2, 0.25) is 0 Å². The summed E-state index contributed by atoms with van der Waals surface area (Å²) in [5.74, 6) is 0. The zero-order valence-electron chi connectivity index (χ0n) is 16.8. The molecule has 0 atom stereocenters. The lowest BCUT2D eigenvalue weighted by atomic mass is 10.0. The van der Waals surface area contributed by atoms with Gasteiger partial charge in [0.15, 0.2) is 0 Å². The molecule has 1 rings (SSSR count). The number of unbranched alkanes of at least 4 members (excludes halogenated alkanes) is 14. The van der Waals surface area contributed by atoms with Gasteiger partial charge in [0, 0.05) is 15.5 Å². The van der Waals surface area contributed by atoms with Gasteiger partial charge in [-0.05, 0) is 12.8 Å². The Balaban J connectivity index is 1.84. The maximum atomic E-state index is 4.74. The Morgan fingerprint density at radius 1 is 0.654 bits per heavy atom. The van der Waals surface area contributed by atoms with Gasteiger partial charge in [0.05, 0.1) is 10.7 Å². The largest absolute Gasteiger partial charge is 0.245 e. The second kappa shape index (κ2) is 17.7. The Labute approximate surface area is 183 Å². The molecule has 0 saturated heterocycles. The van der Waals surface area contributed by atoms with Crippen LogP contribution in [0.25, 0.3) is 0 Å². The zero-order chi connectivity index (χ0) is 18.9. The number of alkyl halides is 2. The molecular weight excluding hydrogens is 470 g/mol. The summed E-state index contributed by atoms with van der Waals surface area (Å²) in [5.41, 5.74) is 1.22. The van der Waals surface area contributed by atoms with Gasteiger partial charge in [-0.3, -0.25) is 0 Å². The van der Waals surface area contributed by atoms with E-state index in [1.54, 1.807) is 0 Å². The second-order valence-corrected chi connectivity index (χ2v) is 9.73. The third kappa shape index (κ3) is 12.1. The fourth-order valence-corrected chi connectivity index (χ4v) is 5.69. The Kier molecular flexibility index (Phi) is 16.7. The van der Waals surface area contributed by atoms with Crippen molar-refractivity contribution in [3.63, 3.8) is 0 Å². The van der Waals surface area contributed by atoms with Crippen molar-refractivity contribution in [3.05, 3.63) is 15.6 Å². The maximum Gasteiger partial charge on any atom is 0.0931 e. The molecular formula is C22H39Br2NS. The van der Waals surface area contributed by atoms with Crippen LogP contribution in [0.15, 0.2) is 0 Å². The average Bonchev–Trinajstić information content (AvgIpc) is 3.07. The smallest absolute Gasteiger partial charge is 0.0931 e. The molecule has 0 aliphatic heterocycles. The normalized spacial score (nSPS) is 11.3. The summed E-state index contributed by atoms with van der Waals surface area (Å²) >= 11 is 8.98. The molecule has 0 bridgehead atoms. The van der Waals surface area contributed by atoms with E-state index < -0.39 is 0 Å². The van der Waals surface area contributed by atoms with Gasteiger partial charge in [0.25, 0.3) is 0 Å². The van der Waals surface area contributed by atoms with Gasteiger partial charge in [-0.2, -0.15) is 0 Å². The van der Waals surface area contributed by atoms with Crippen molar-refractivity contribution >= 4 is 43.2 Å². The Morgan fingerprint density at radius 2 is 1.12 bits per heavy atom. The van der Waals surface area contributed by atoms with E-state index in [0.29, 0.717) is 0 Å². The first-order chi connectivity index (χ1) is 12.8. The minimum atomic E-state index is 0.878. The van der Waals surface area contributed by atoms with E-state index in [9.17, 15) is 0 Å². The second-order valence-electron chi connectivity index (χ2n) is 7.44. The van der Waals surface area contributed by atoms with Crippen LogP contribution in [-0.2, 0) is 17.1 Å².